The molecule has 0 spiro atoms. The van der Waals surface area contributed by atoms with Gasteiger partial charge in [-0.2, -0.15) is 0 Å². The quantitative estimate of drug-likeness (QED) is 0.637. The molecule has 0 saturated carbocycles. The third kappa shape index (κ3) is 3.74. The van der Waals surface area contributed by atoms with E-state index in [2.05, 4.69) is 41.8 Å². The molecule has 2 aromatic carbocycles. The predicted molar refractivity (Wildman–Crippen MR) is 96.5 cm³/mol. The average Bonchev–Trinajstić information content (AvgIpc) is 2.58. The van der Waals surface area contributed by atoms with Crippen molar-refractivity contribution >= 4 is 11.4 Å². The van der Waals surface area contributed by atoms with Crippen LogP contribution in [0.15, 0.2) is 42.5 Å². The van der Waals surface area contributed by atoms with Crippen LogP contribution in [0.5, 0.6) is 0 Å². The van der Waals surface area contributed by atoms with Crippen molar-refractivity contribution in [3.8, 4) is 0 Å². The Hall–Kier alpha value is -2.40. The van der Waals surface area contributed by atoms with Gasteiger partial charge in [0.25, 0.3) is 5.69 Å². The van der Waals surface area contributed by atoms with Crippen LogP contribution in [-0.2, 0) is 6.54 Å². The molecule has 0 aromatic heterocycles. The summed E-state index contributed by atoms with van der Waals surface area (Å²) in [6, 6.07) is 13.5. The van der Waals surface area contributed by atoms with Crippen LogP contribution in [0.1, 0.15) is 16.7 Å². The topological polar surface area (TPSA) is 49.6 Å². The number of hydrogen-bond donors (Lipinski definition) is 0. The first-order valence-electron chi connectivity index (χ1n) is 8.31. The molecule has 5 nitrogen and oxygen atoms in total. The van der Waals surface area contributed by atoms with E-state index in [4.69, 9.17) is 0 Å². The molecule has 0 aliphatic carbocycles. The second-order valence-corrected chi connectivity index (χ2v) is 6.47. The molecule has 0 bridgehead atoms. The van der Waals surface area contributed by atoms with Crippen LogP contribution in [0.2, 0.25) is 0 Å². The van der Waals surface area contributed by atoms with Crippen LogP contribution in [0.4, 0.5) is 11.4 Å². The SMILES string of the molecule is Cc1ccc(CN2CCN(c3ccc([N+](=O)[O-])cc3)CC2)c(C)c1. The van der Waals surface area contributed by atoms with E-state index in [0.717, 1.165) is 38.4 Å². The molecule has 0 atom stereocenters. The molecule has 2 aromatic rings. The lowest BCUT2D eigenvalue weighted by atomic mass is 10.1. The van der Waals surface area contributed by atoms with E-state index in [1.54, 1.807) is 12.1 Å². The molecule has 1 heterocycles. The zero-order chi connectivity index (χ0) is 17.1. The maximum atomic E-state index is 10.7. The van der Waals surface area contributed by atoms with Crippen LogP contribution in [0.25, 0.3) is 0 Å². The van der Waals surface area contributed by atoms with Crippen molar-refractivity contribution in [3.05, 3.63) is 69.3 Å². The molecule has 1 aliphatic heterocycles. The van der Waals surface area contributed by atoms with E-state index < -0.39 is 0 Å². The minimum atomic E-state index is -0.356. The highest BCUT2D eigenvalue weighted by Crippen LogP contribution is 2.21. The fourth-order valence-corrected chi connectivity index (χ4v) is 3.21. The molecule has 0 N–H and O–H groups in total. The van der Waals surface area contributed by atoms with Crippen LogP contribution in [0, 0.1) is 24.0 Å². The maximum Gasteiger partial charge on any atom is 0.269 e. The standard InChI is InChI=1S/C19H23N3O2/c1-15-3-4-17(16(2)13-15)14-20-9-11-21(12-10-20)18-5-7-19(8-6-18)22(23)24/h3-8,13H,9-12,14H2,1-2H3. The number of benzene rings is 2. The zero-order valence-corrected chi connectivity index (χ0v) is 14.2. The summed E-state index contributed by atoms with van der Waals surface area (Å²) in [5.74, 6) is 0. The molecule has 3 rings (SSSR count). The molecule has 0 unspecified atom stereocenters. The number of anilines is 1. The second-order valence-electron chi connectivity index (χ2n) is 6.47. The Kier molecular flexibility index (Phi) is 4.81. The number of nitro groups is 1. The minimum Gasteiger partial charge on any atom is -0.369 e. The Morgan fingerprint density at radius 1 is 1.00 bits per heavy atom. The van der Waals surface area contributed by atoms with Crippen molar-refractivity contribution in [1.29, 1.82) is 0 Å². The number of rotatable bonds is 4. The molecule has 126 valence electrons. The highest BCUT2D eigenvalue weighted by atomic mass is 16.6. The van der Waals surface area contributed by atoms with Gasteiger partial charge in [0.2, 0.25) is 0 Å². The van der Waals surface area contributed by atoms with Crippen molar-refractivity contribution in [2.45, 2.75) is 20.4 Å². The van der Waals surface area contributed by atoms with Gasteiger partial charge in [-0.05, 0) is 37.1 Å². The Balaban J connectivity index is 1.58. The van der Waals surface area contributed by atoms with Gasteiger partial charge in [-0.15, -0.1) is 0 Å². The fraction of sp³-hybridized carbons (Fsp3) is 0.368. The van der Waals surface area contributed by atoms with Crippen molar-refractivity contribution in [1.82, 2.24) is 4.90 Å². The molecule has 24 heavy (non-hydrogen) atoms. The summed E-state index contributed by atoms with van der Waals surface area (Å²) in [6.07, 6.45) is 0. The van der Waals surface area contributed by atoms with Gasteiger partial charge in [-0.3, -0.25) is 15.0 Å². The molecule has 1 saturated heterocycles. The maximum absolute atomic E-state index is 10.7. The molecule has 1 fully saturated rings. The molecule has 5 heteroatoms. The van der Waals surface area contributed by atoms with Gasteiger partial charge in [0, 0.05) is 50.5 Å². The number of non-ortho nitro benzene ring substituents is 1. The Morgan fingerprint density at radius 3 is 2.25 bits per heavy atom. The third-order valence-corrected chi connectivity index (χ3v) is 4.69. The molecule has 0 radical (unpaired) electrons. The Bertz CT molecular complexity index is 720. The van der Waals surface area contributed by atoms with Crippen molar-refractivity contribution in [3.63, 3.8) is 0 Å². The van der Waals surface area contributed by atoms with Gasteiger partial charge in [-0.1, -0.05) is 23.8 Å². The summed E-state index contributed by atoms with van der Waals surface area (Å²) < 4.78 is 0. The van der Waals surface area contributed by atoms with Crippen molar-refractivity contribution in [2.75, 3.05) is 31.1 Å². The lowest BCUT2D eigenvalue weighted by Crippen LogP contribution is -2.46. The average molecular weight is 325 g/mol. The first-order chi connectivity index (χ1) is 11.5. The lowest BCUT2D eigenvalue weighted by molar-refractivity contribution is -0.384. The van der Waals surface area contributed by atoms with Gasteiger partial charge in [0.05, 0.1) is 4.92 Å². The summed E-state index contributed by atoms with van der Waals surface area (Å²) in [5, 5.41) is 10.7. The van der Waals surface area contributed by atoms with E-state index in [-0.39, 0.29) is 10.6 Å². The number of nitrogens with zero attached hydrogens (tertiary/aromatic N) is 3. The van der Waals surface area contributed by atoms with Crippen LogP contribution in [0.3, 0.4) is 0 Å². The molecular weight excluding hydrogens is 302 g/mol. The van der Waals surface area contributed by atoms with Gasteiger partial charge in [0.15, 0.2) is 0 Å². The van der Waals surface area contributed by atoms with E-state index in [0.29, 0.717) is 0 Å². The third-order valence-electron chi connectivity index (χ3n) is 4.69. The Labute approximate surface area is 142 Å². The van der Waals surface area contributed by atoms with E-state index in [1.807, 2.05) is 12.1 Å². The number of piperazine rings is 1. The van der Waals surface area contributed by atoms with Crippen molar-refractivity contribution < 1.29 is 4.92 Å². The van der Waals surface area contributed by atoms with Crippen molar-refractivity contribution in [2.24, 2.45) is 0 Å². The predicted octanol–water partition coefficient (Wildman–Crippen LogP) is 3.53. The normalized spacial score (nSPS) is 15.5. The summed E-state index contributed by atoms with van der Waals surface area (Å²) in [7, 11) is 0. The van der Waals surface area contributed by atoms with Gasteiger partial charge in [0.1, 0.15) is 0 Å². The molecule has 1 aliphatic rings. The van der Waals surface area contributed by atoms with E-state index in [9.17, 15) is 10.1 Å². The van der Waals surface area contributed by atoms with Gasteiger partial charge >= 0.3 is 0 Å². The van der Waals surface area contributed by atoms with E-state index >= 15 is 0 Å². The first kappa shape index (κ1) is 16.5. The largest absolute Gasteiger partial charge is 0.369 e. The number of hydrogen-bond acceptors (Lipinski definition) is 4. The lowest BCUT2D eigenvalue weighted by Gasteiger charge is -2.36. The highest BCUT2D eigenvalue weighted by Gasteiger charge is 2.18. The van der Waals surface area contributed by atoms with Crippen LogP contribution < -0.4 is 4.90 Å². The fourth-order valence-electron chi connectivity index (χ4n) is 3.21. The zero-order valence-electron chi connectivity index (χ0n) is 14.2. The van der Waals surface area contributed by atoms with E-state index in [1.165, 1.54) is 16.7 Å². The van der Waals surface area contributed by atoms with Crippen LogP contribution >= 0.6 is 0 Å². The molecule has 0 amide bonds. The number of aryl methyl sites for hydroxylation is 2. The summed E-state index contributed by atoms with van der Waals surface area (Å²) in [5.41, 5.74) is 5.26. The summed E-state index contributed by atoms with van der Waals surface area (Å²) in [4.78, 5) is 15.1. The first-order valence-corrected chi connectivity index (χ1v) is 8.31. The Morgan fingerprint density at radius 2 is 1.67 bits per heavy atom. The number of nitro benzene ring substituents is 1. The smallest absolute Gasteiger partial charge is 0.269 e. The summed E-state index contributed by atoms with van der Waals surface area (Å²) >= 11 is 0. The minimum absolute atomic E-state index is 0.146. The molecular formula is C19H23N3O2. The highest BCUT2D eigenvalue weighted by molar-refractivity contribution is 5.51. The van der Waals surface area contributed by atoms with Gasteiger partial charge in [-0.25, -0.2) is 0 Å². The van der Waals surface area contributed by atoms with Crippen LogP contribution in [-0.4, -0.2) is 36.0 Å². The van der Waals surface area contributed by atoms with Gasteiger partial charge < -0.3 is 4.90 Å². The summed E-state index contributed by atoms with van der Waals surface area (Å²) in [6.45, 7) is 9.19. The monoisotopic (exact) mass is 325 g/mol. The second kappa shape index (κ2) is 7.01.